The molecule has 0 spiro atoms. The zero-order chi connectivity index (χ0) is 20.1. The van der Waals surface area contributed by atoms with Gasteiger partial charge in [-0.2, -0.15) is 0 Å². The number of hydrogen-bond acceptors (Lipinski definition) is 7. The van der Waals surface area contributed by atoms with Crippen LogP contribution in [0.2, 0.25) is 0 Å². The Morgan fingerprint density at radius 2 is 1.93 bits per heavy atom. The van der Waals surface area contributed by atoms with Crippen LogP contribution in [0.15, 0.2) is 24.3 Å². The molecular weight excluding hydrogens is 374 g/mol. The van der Waals surface area contributed by atoms with Crippen molar-refractivity contribution >= 4 is 45.5 Å². The summed E-state index contributed by atoms with van der Waals surface area (Å²) in [5.41, 5.74) is 0.907. The number of nitrogens with zero attached hydrogens (tertiary/aromatic N) is 1. The van der Waals surface area contributed by atoms with E-state index in [1.54, 1.807) is 13.8 Å². The number of ether oxygens (including phenoxy) is 1. The molecule has 1 aromatic carbocycles. The first-order valence-electron chi connectivity index (χ1n) is 7.78. The lowest BCUT2D eigenvalue weighted by molar-refractivity contribution is -0.384. The minimum absolute atomic E-state index is 0.172. The van der Waals surface area contributed by atoms with Crippen LogP contribution in [0.25, 0.3) is 0 Å². The first-order valence-corrected chi connectivity index (χ1v) is 8.59. The number of carbonyl (C=O) groups is 3. The number of esters is 1. The smallest absolute Gasteiger partial charge is 0.341 e. The lowest BCUT2D eigenvalue weighted by Crippen LogP contribution is -2.21. The maximum atomic E-state index is 12.3. The van der Waals surface area contributed by atoms with Crippen molar-refractivity contribution < 1.29 is 24.0 Å². The minimum atomic E-state index is -0.741. The molecule has 1 heterocycles. The zero-order valence-electron chi connectivity index (χ0n) is 14.8. The van der Waals surface area contributed by atoms with E-state index in [9.17, 15) is 24.5 Å². The van der Waals surface area contributed by atoms with E-state index >= 15 is 0 Å². The average molecular weight is 391 g/mol. The van der Waals surface area contributed by atoms with Gasteiger partial charge in [-0.15, -0.1) is 11.3 Å². The number of anilines is 2. The van der Waals surface area contributed by atoms with E-state index in [1.807, 2.05) is 0 Å². The number of rotatable bonds is 6. The van der Waals surface area contributed by atoms with Crippen molar-refractivity contribution in [2.45, 2.75) is 20.8 Å². The number of nitro benzene ring substituents is 1. The molecule has 1 aromatic heterocycles. The number of benzene rings is 1. The van der Waals surface area contributed by atoms with Crippen molar-refractivity contribution in [1.29, 1.82) is 0 Å². The predicted octanol–water partition coefficient (Wildman–Crippen LogP) is 3.03. The van der Waals surface area contributed by atoms with Gasteiger partial charge in [-0.1, -0.05) is 6.07 Å². The molecule has 10 heteroatoms. The molecule has 142 valence electrons. The van der Waals surface area contributed by atoms with Gasteiger partial charge in [0.25, 0.3) is 11.6 Å². The number of nitrogens with one attached hydrogen (secondary N) is 2. The highest BCUT2D eigenvalue weighted by molar-refractivity contribution is 7.16. The normalized spacial score (nSPS) is 10.2. The van der Waals surface area contributed by atoms with Gasteiger partial charge < -0.3 is 15.4 Å². The van der Waals surface area contributed by atoms with Crippen LogP contribution in [0.5, 0.6) is 0 Å². The van der Waals surface area contributed by atoms with Gasteiger partial charge in [-0.05, 0) is 25.5 Å². The lowest BCUT2D eigenvalue weighted by atomic mass is 10.1. The fourth-order valence-corrected chi connectivity index (χ4v) is 3.31. The highest BCUT2D eigenvalue weighted by Gasteiger charge is 2.22. The summed E-state index contributed by atoms with van der Waals surface area (Å²) in [6, 6.07) is 5.40. The molecule has 2 amide bonds. The average Bonchev–Trinajstić information content (AvgIpc) is 2.86. The van der Waals surface area contributed by atoms with Crippen LogP contribution in [-0.4, -0.2) is 29.3 Å². The van der Waals surface area contributed by atoms with Crippen LogP contribution in [0.4, 0.5) is 16.4 Å². The molecule has 0 atom stereocenters. The van der Waals surface area contributed by atoms with E-state index in [-0.39, 0.29) is 22.8 Å². The second-order valence-corrected chi connectivity index (χ2v) is 6.83. The Bertz CT molecular complexity index is 921. The van der Waals surface area contributed by atoms with Crippen LogP contribution in [0, 0.1) is 24.0 Å². The Kier molecular flexibility index (Phi) is 6.24. The number of nitro groups is 1. The summed E-state index contributed by atoms with van der Waals surface area (Å²) in [5.74, 6) is -1.71. The molecule has 0 bridgehead atoms. The molecule has 0 aliphatic rings. The van der Waals surface area contributed by atoms with E-state index in [4.69, 9.17) is 4.74 Å². The second-order valence-electron chi connectivity index (χ2n) is 5.60. The van der Waals surface area contributed by atoms with Gasteiger partial charge in [0.1, 0.15) is 5.00 Å². The number of carbonyl (C=O) groups excluding carboxylic acids is 3. The molecule has 0 unspecified atom stereocenters. The summed E-state index contributed by atoms with van der Waals surface area (Å²) in [6.45, 7) is 4.27. The number of aryl methyl sites for hydroxylation is 1. The van der Waals surface area contributed by atoms with Gasteiger partial charge in [0.2, 0.25) is 5.91 Å². The van der Waals surface area contributed by atoms with E-state index in [1.165, 1.54) is 42.5 Å². The van der Waals surface area contributed by atoms with Gasteiger partial charge in [-0.3, -0.25) is 19.7 Å². The van der Waals surface area contributed by atoms with Gasteiger partial charge in [0.15, 0.2) is 6.61 Å². The summed E-state index contributed by atoms with van der Waals surface area (Å²) >= 11 is 1.24. The highest BCUT2D eigenvalue weighted by atomic mass is 32.1. The van der Waals surface area contributed by atoms with Crippen LogP contribution in [-0.2, 0) is 14.3 Å². The Hall–Kier alpha value is -3.27. The van der Waals surface area contributed by atoms with Gasteiger partial charge in [0.05, 0.1) is 10.5 Å². The summed E-state index contributed by atoms with van der Waals surface area (Å²) in [5, 5.41) is 16.1. The van der Waals surface area contributed by atoms with Crippen molar-refractivity contribution in [2.24, 2.45) is 0 Å². The SMILES string of the molecule is CC(=O)Nc1sc(C)c(C)c1C(=O)OCC(=O)Nc1cccc([N+](=O)[O-])c1. The predicted molar refractivity (Wildman–Crippen MR) is 100 cm³/mol. The maximum Gasteiger partial charge on any atom is 0.341 e. The highest BCUT2D eigenvalue weighted by Crippen LogP contribution is 2.33. The molecule has 2 N–H and O–H groups in total. The van der Waals surface area contributed by atoms with E-state index < -0.39 is 23.4 Å². The number of hydrogen-bond donors (Lipinski definition) is 2. The fourth-order valence-electron chi connectivity index (χ4n) is 2.22. The minimum Gasteiger partial charge on any atom is -0.452 e. The third kappa shape index (κ3) is 5.11. The van der Waals surface area contributed by atoms with Crippen LogP contribution >= 0.6 is 11.3 Å². The third-order valence-electron chi connectivity index (χ3n) is 3.55. The molecule has 2 rings (SSSR count). The lowest BCUT2D eigenvalue weighted by Gasteiger charge is -2.08. The van der Waals surface area contributed by atoms with E-state index in [0.717, 1.165) is 4.88 Å². The number of non-ortho nitro benzene ring substituents is 1. The topological polar surface area (TPSA) is 128 Å². The molecule has 0 aliphatic carbocycles. The largest absolute Gasteiger partial charge is 0.452 e. The Morgan fingerprint density at radius 3 is 2.56 bits per heavy atom. The summed E-state index contributed by atoms with van der Waals surface area (Å²) < 4.78 is 5.03. The van der Waals surface area contributed by atoms with Crippen molar-refractivity contribution in [3.63, 3.8) is 0 Å². The Labute approximate surface area is 158 Å². The van der Waals surface area contributed by atoms with Crippen LogP contribution in [0.3, 0.4) is 0 Å². The first kappa shape index (κ1) is 20.0. The summed E-state index contributed by atoms with van der Waals surface area (Å²) in [4.78, 5) is 46.6. The van der Waals surface area contributed by atoms with Crippen LogP contribution in [0.1, 0.15) is 27.7 Å². The van der Waals surface area contributed by atoms with E-state index in [2.05, 4.69) is 10.6 Å². The monoisotopic (exact) mass is 391 g/mol. The molecular formula is C17H17N3O6S. The summed E-state index contributed by atoms with van der Waals surface area (Å²) in [7, 11) is 0. The van der Waals surface area contributed by atoms with Crippen LogP contribution < -0.4 is 10.6 Å². The van der Waals surface area contributed by atoms with Gasteiger partial charge in [0, 0.05) is 29.6 Å². The molecule has 27 heavy (non-hydrogen) atoms. The fraction of sp³-hybridized carbons (Fsp3) is 0.235. The van der Waals surface area contributed by atoms with Crippen molar-refractivity contribution in [3.05, 3.63) is 50.4 Å². The molecule has 9 nitrogen and oxygen atoms in total. The Morgan fingerprint density at radius 1 is 1.22 bits per heavy atom. The summed E-state index contributed by atoms with van der Waals surface area (Å²) in [6.07, 6.45) is 0. The zero-order valence-corrected chi connectivity index (χ0v) is 15.6. The van der Waals surface area contributed by atoms with Crippen molar-refractivity contribution in [3.8, 4) is 0 Å². The Balaban J connectivity index is 2.03. The number of thiophene rings is 1. The van der Waals surface area contributed by atoms with E-state index in [0.29, 0.717) is 10.6 Å². The van der Waals surface area contributed by atoms with Crippen molar-refractivity contribution in [2.75, 3.05) is 17.2 Å². The molecule has 0 aliphatic heterocycles. The number of amides is 2. The second kappa shape index (κ2) is 8.41. The standard InChI is InChI=1S/C17H17N3O6S/c1-9-10(2)27-16(18-11(3)21)15(9)17(23)26-8-14(22)19-12-5-4-6-13(7-12)20(24)25/h4-7H,8H2,1-3H3,(H,18,21)(H,19,22). The molecule has 0 fully saturated rings. The molecule has 0 radical (unpaired) electrons. The third-order valence-corrected chi connectivity index (χ3v) is 4.68. The van der Waals surface area contributed by atoms with Gasteiger partial charge in [-0.25, -0.2) is 4.79 Å². The first-order chi connectivity index (χ1) is 12.7. The maximum absolute atomic E-state index is 12.3. The van der Waals surface area contributed by atoms with Crippen molar-refractivity contribution in [1.82, 2.24) is 0 Å². The van der Waals surface area contributed by atoms with Gasteiger partial charge >= 0.3 is 5.97 Å². The molecule has 2 aromatic rings. The molecule has 0 saturated heterocycles. The molecule has 0 saturated carbocycles. The quantitative estimate of drug-likeness (QED) is 0.442.